The van der Waals surface area contributed by atoms with E-state index in [0.29, 0.717) is 26.1 Å². The first-order valence-corrected chi connectivity index (χ1v) is 9.95. The van der Waals surface area contributed by atoms with E-state index in [4.69, 9.17) is 4.74 Å². The summed E-state index contributed by atoms with van der Waals surface area (Å²) in [5.41, 5.74) is 0. The third-order valence-corrected chi connectivity index (χ3v) is 6.48. The fourth-order valence-electron chi connectivity index (χ4n) is 2.77. The largest absolute Gasteiger partial charge is 0.368 e. The average Bonchev–Trinajstić information content (AvgIpc) is 3.09. The quantitative estimate of drug-likeness (QED) is 0.814. The number of amides is 1. The Hall–Kier alpha value is -1.03. The first-order chi connectivity index (χ1) is 10.5. The molecule has 0 radical (unpaired) electrons. The van der Waals surface area contributed by atoms with Crippen molar-refractivity contribution in [1.29, 1.82) is 0 Å². The van der Waals surface area contributed by atoms with E-state index in [-0.39, 0.29) is 36.1 Å². The first kappa shape index (κ1) is 15.9. The molecule has 0 aromatic carbocycles. The van der Waals surface area contributed by atoms with Crippen molar-refractivity contribution in [3.05, 3.63) is 16.6 Å². The monoisotopic (exact) mass is 345 g/mol. The second-order valence-corrected chi connectivity index (χ2v) is 8.79. The van der Waals surface area contributed by atoms with Crippen molar-refractivity contribution in [2.45, 2.75) is 18.6 Å². The van der Waals surface area contributed by atoms with Gasteiger partial charge in [-0.3, -0.25) is 9.69 Å². The van der Waals surface area contributed by atoms with Crippen LogP contribution in [0.25, 0.3) is 0 Å². The number of aromatic nitrogens is 1. The van der Waals surface area contributed by atoms with E-state index in [1.807, 2.05) is 10.3 Å². The van der Waals surface area contributed by atoms with E-state index in [2.05, 4.69) is 10.3 Å². The number of hydrogen-bond acceptors (Lipinski definition) is 7. The maximum absolute atomic E-state index is 12.1. The summed E-state index contributed by atoms with van der Waals surface area (Å²) in [6, 6.07) is -0.242. The molecule has 2 aliphatic heterocycles. The van der Waals surface area contributed by atoms with E-state index < -0.39 is 9.84 Å². The molecule has 2 saturated heterocycles. The Morgan fingerprint density at radius 3 is 3.09 bits per heavy atom. The molecule has 1 aromatic rings. The van der Waals surface area contributed by atoms with Crippen molar-refractivity contribution in [2.75, 3.05) is 37.7 Å². The third-order valence-electron chi connectivity index (χ3n) is 3.84. The molecule has 2 aliphatic rings. The van der Waals surface area contributed by atoms with Crippen molar-refractivity contribution in [1.82, 2.24) is 15.2 Å². The lowest BCUT2D eigenvalue weighted by Crippen LogP contribution is -2.46. The minimum atomic E-state index is -2.97. The molecule has 7 nitrogen and oxygen atoms in total. The Labute approximate surface area is 133 Å². The molecule has 22 heavy (non-hydrogen) atoms. The number of morpholine rings is 1. The predicted molar refractivity (Wildman–Crippen MR) is 82.4 cm³/mol. The number of carbonyl (C=O) groups is 1. The van der Waals surface area contributed by atoms with Gasteiger partial charge in [0, 0.05) is 30.7 Å². The molecule has 0 spiro atoms. The summed E-state index contributed by atoms with van der Waals surface area (Å²) in [6.07, 6.45) is 2.17. The van der Waals surface area contributed by atoms with Crippen LogP contribution in [0.3, 0.4) is 0 Å². The normalized spacial score (nSPS) is 28.5. The van der Waals surface area contributed by atoms with Crippen LogP contribution in [0.1, 0.15) is 17.5 Å². The molecule has 2 atom stereocenters. The van der Waals surface area contributed by atoms with E-state index in [9.17, 15) is 13.2 Å². The van der Waals surface area contributed by atoms with Gasteiger partial charge in [-0.05, 0) is 6.42 Å². The molecule has 0 aliphatic carbocycles. The Bertz CT molecular complexity index is 617. The molecule has 1 N–H and O–H groups in total. The van der Waals surface area contributed by atoms with Crippen LogP contribution in [0, 0.1) is 0 Å². The number of nitrogens with one attached hydrogen (secondary N) is 1. The number of sulfone groups is 1. The standard InChI is InChI=1S/C13H19N3O4S2/c17-12(15-10-1-6-22(18,19)9-10)8-16-3-4-20-11(7-16)13-14-2-5-21-13/h2,5,10-11H,1,3-4,6-9H2,(H,15,17). The van der Waals surface area contributed by atoms with Gasteiger partial charge in [-0.15, -0.1) is 11.3 Å². The van der Waals surface area contributed by atoms with Gasteiger partial charge in [0.25, 0.3) is 0 Å². The van der Waals surface area contributed by atoms with Gasteiger partial charge in [-0.1, -0.05) is 0 Å². The molecular formula is C13H19N3O4S2. The summed E-state index contributed by atoms with van der Waals surface area (Å²) in [6.45, 7) is 2.15. The molecule has 3 rings (SSSR count). The Balaban J connectivity index is 1.49. The van der Waals surface area contributed by atoms with Gasteiger partial charge in [-0.2, -0.15) is 0 Å². The highest BCUT2D eigenvalue weighted by Gasteiger charge is 2.30. The molecule has 9 heteroatoms. The zero-order valence-corrected chi connectivity index (χ0v) is 13.7. The lowest BCUT2D eigenvalue weighted by atomic mass is 10.2. The topological polar surface area (TPSA) is 88.6 Å². The smallest absolute Gasteiger partial charge is 0.234 e. The summed E-state index contributed by atoms with van der Waals surface area (Å²) >= 11 is 1.55. The van der Waals surface area contributed by atoms with Gasteiger partial charge in [0.05, 0.1) is 24.7 Å². The fourth-order valence-corrected chi connectivity index (χ4v) is 5.12. The molecule has 3 heterocycles. The lowest BCUT2D eigenvalue weighted by molar-refractivity contribution is -0.124. The van der Waals surface area contributed by atoms with E-state index in [1.54, 1.807) is 17.5 Å². The Morgan fingerprint density at radius 1 is 1.55 bits per heavy atom. The number of thiazole rings is 1. The highest BCUT2D eigenvalue weighted by molar-refractivity contribution is 7.91. The van der Waals surface area contributed by atoms with Gasteiger partial charge in [0.1, 0.15) is 11.1 Å². The maximum atomic E-state index is 12.1. The summed E-state index contributed by atoms with van der Waals surface area (Å²) in [7, 11) is -2.97. The average molecular weight is 345 g/mol. The zero-order chi connectivity index (χ0) is 15.6. The minimum Gasteiger partial charge on any atom is -0.368 e. The van der Waals surface area contributed by atoms with Gasteiger partial charge in [-0.25, -0.2) is 13.4 Å². The first-order valence-electron chi connectivity index (χ1n) is 7.25. The van der Waals surface area contributed by atoms with Crippen molar-refractivity contribution in [2.24, 2.45) is 0 Å². The minimum absolute atomic E-state index is 0.0591. The molecule has 1 amide bonds. The third kappa shape index (κ3) is 4.03. The summed E-state index contributed by atoms with van der Waals surface area (Å²) in [5, 5.41) is 5.65. The van der Waals surface area contributed by atoms with Gasteiger partial charge < -0.3 is 10.1 Å². The van der Waals surface area contributed by atoms with Crippen molar-refractivity contribution < 1.29 is 17.9 Å². The number of rotatable bonds is 4. The van der Waals surface area contributed by atoms with Crippen LogP contribution in [0.15, 0.2) is 11.6 Å². The molecule has 0 bridgehead atoms. The predicted octanol–water partition coefficient (Wildman–Crippen LogP) is -0.180. The van der Waals surface area contributed by atoms with Crippen molar-refractivity contribution in [3.8, 4) is 0 Å². The fraction of sp³-hybridized carbons (Fsp3) is 0.692. The Morgan fingerprint density at radius 2 is 2.41 bits per heavy atom. The summed E-state index contributed by atoms with van der Waals surface area (Å²) in [5.74, 6) is 0.104. The van der Waals surface area contributed by atoms with Crippen LogP contribution in [-0.4, -0.2) is 68.0 Å². The number of carbonyl (C=O) groups excluding carboxylic acids is 1. The highest BCUT2D eigenvalue weighted by atomic mass is 32.2. The van der Waals surface area contributed by atoms with Gasteiger partial charge in [0.2, 0.25) is 5.91 Å². The van der Waals surface area contributed by atoms with Gasteiger partial charge in [0.15, 0.2) is 9.84 Å². The molecule has 122 valence electrons. The summed E-state index contributed by atoms with van der Waals surface area (Å²) in [4.78, 5) is 18.3. The van der Waals surface area contributed by atoms with Crippen LogP contribution in [0.2, 0.25) is 0 Å². The molecule has 2 unspecified atom stereocenters. The Kier molecular flexibility index (Phi) is 4.76. The van der Waals surface area contributed by atoms with Crippen molar-refractivity contribution in [3.63, 3.8) is 0 Å². The van der Waals surface area contributed by atoms with Gasteiger partial charge >= 0.3 is 0 Å². The lowest BCUT2D eigenvalue weighted by Gasteiger charge is -2.31. The van der Waals surface area contributed by atoms with Crippen LogP contribution in [0.4, 0.5) is 0 Å². The molecule has 2 fully saturated rings. The zero-order valence-electron chi connectivity index (χ0n) is 12.1. The summed E-state index contributed by atoms with van der Waals surface area (Å²) < 4.78 is 28.5. The van der Waals surface area contributed by atoms with E-state index in [1.165, 1.54) is 0 Å². The van der Waals surface area contributed by atoms with Crippen LogP contribution in [-0.2, 0) is 19.4 Å². The maximum Gasteiger partial charge on any atom is 0.234 e. The molecular weight excluding hydrogens is 326 g/mol. The van der Waals surface area contributed by atoms with Crippen LogP contribution in [0.5, 0.6) is 0 Å². The van der Waals surface area contributed by atoms with Crippen LogP contribution < -0.4 is 5.32 Å². The van der Waals surface area contributed by atoms with E-state index in [0.717, 1.165) is 5.01 Å². The second-order valence-electron chi connectivity index (χ2n) is 5.63. The van der Waals surface area contributed by atoms with Crippen molar-refractivity contribution >= 4 is 27.1 Å². The molecule has 0 saturated carbocycles. The number of nitrogens with zero attached hydrogens (tertiary/aromatic N) is 2. The van der Waals surface area contributed by atoms with E-state index >= 15 is 0 Å². The highest BCUT2D eigenvalue weighted by Crippen LogP contribution is 2.23. The second kappa shape index (κ2) is 6.61. The van der Waals surface area contributed by atoms with Crippen LogP contribution >= 0.6 is 11.3 Å². The number of ether oxygens (including phenoxy) is 1. The number of hydrogen-bond donors (Lipinski definition) is 1. The SMILES string of the molecule is O=C(CN1CCOC(c2nccs2)C1)NC1CCS(=O)(=O)C1. The molecule has 1 aromatic heterocycles.